The van der Waals surface area contributed by atoms with Gasteiger partial charge in [0.25, 0.3) is 5.91 Å². The summed E-state index contributed by atoms with van der Waals surface area (Å²) in [5.74, 6) is 3.81. The lowest BCUT2D eigenvalue weighted by Gasteiger charge is -2.07. The number of rotatable bonds is 5. The molecule has 3 aromatic rings. The fourth-order valence-electron chi connectivity index (χ4n) is 2.86. The first-order chi connectivity index (χ1) is 13.0. The van der Waals surface area contributed by atoms with Crippen LogP contribution in [-0.2, 0) is 17.8 Å². The summed E-state index contributed by atoms with van der Waals surface area (Å²) in [7, 11) is 3.21. The molecule has 1 aromatic heterocycles. The van der Waals surface area contributed by atoms with Crippen molar-refractivity contribution in [3.8, 4) is 23.8 Å². The number of ether oxygens (including phenoxy) is 2. The molecule has 3 rings (SSSR count). The Morgan fingerprint density at radius 2 is 2.04 bits per heavy atom. The number of aryl methyl sites for hydroxylation is 1. The largest absolute Gasteiger partial charge is 0.497 e. The third-order valence-corrected chi connectivity index (χ3v) is 5.18. The summed E-state index contributed by atoms with van der Waals surface area (Å²) in [5.41, 5.74) is 2.81. The van der Waals surface area contributed by atoms with Crippen molar-refractivity contribution in [1.82, 2.24) is 4.57 Å². The van der Waals surface area contributed by atoms with E-state index in [1.165, 1.54) is 11.3 Å². The van der Waals surface area contributed by atoms with E-state index in [9.17, 15) is 4.79 Å². The number of thiazole rings is 1. The fourth-order valence-corrected chi connectivity index (χ4v) is 3.94. The molecule has 138 valence electrons. The first kappa shape index (κ1) is 18.7. The molecule has 0 aliphatic carbocycles. The van der Waals surface area contributed by atoms with E-state index in [0.29, 0.717) is 17.1 Å². The van der Waals surface area contributed by atoms with E-state index in [-0.39, 0.29) is 12.3 Å². The van der Waals surface area contributed by atoms with Crippen LogP contribution < -0.4 is 14.3 Å². The van der Waals surface area contributed by atoms with Gasteiger partial charge in [0.15, 0.2) is 4.80 Å². The van der Waals surface area contributed by atoms with E-state index in [4.69, 9.17) is 15.9 Å². The van der Waals surface area contributed by atoms with E-state index >= 15 is 0 Å². The van der Waals surface area contributed by atoms with Gasteiger partial charge in [-0.1, -0.05) is 35.0 Å². The van der Waals surface area contributed by atoms with Gasteiger partial charge in [0.05, 0.1) is 37.4 Å². The lowest BCUT2D eigenvalue weighted by Crippen LogP contribution is -2.17. The van der Waals surface area contributed by atoms with E-state index in [1.807, 2.05) is 47.9 Å². The van der Waals surface area contributed by atoms with Crippen LogP contribution in [0.5, 0.6) is 11.5 Å². The van der Waals surface area contributed by atoms with Gasteiger partial charge in [-0.2, -0.15) is 4.99 Å². The minimum atomic E-state index is -0.247. The summed E-state index contributed by atoms with van der Waals surface area (Å²) >= 11 is 1.41. The van der Waals surface area contributed by atoms with Crippen LogP contribution in [0.15, 0.2) is 41.4 Å². The second kappa shape index (κ2) is 8.11. The summed E-state index contributed by atoms with van der Waals surface area (Å²) in [6, 6.07) is 11.5. The number of hydrogen-bond donors (Lipinski definition) is 0. The van der Waals surface area contributed by atoms with Gasteiger partial charge >= 0.3 is 0 Å². The standard InChI is InChI=1S/C21H20N2O3S/c1-5-10-23-17-8-7-16(25-3)13-19(17)27-21(23)22-20(24)12-15-11-14(2)6-9-18(15)26-4/h1,6-9,11,13H,10,12H2,2-4H3. The molecule has 0 radical (unpaired) electrons. The Labute approximate surface area is 161 Å². The molecule has 0 aliphatic rings. The number of nitrogens with zero attached hydrogens (tertiary/aromatic N) is 2. The molecule has 27 heavy (non-hydrogen) atoms. The molecular formula is C21H20N2O3S. The minimum absolute atomic E-state index is 0.165. The lowest BCUT2D eigenvalue weighted by atomic mass is 10.1. The third-order valence-electron chi connectivity index (χ3n) is 4.14. The van der Waals surface area contributed by atoms with Gasteiger partial charge in [-0.3, -0.25) is 4.79 Å². The molecule has 2 aromatic carbocycles. The van der Waals surface area contributed by atoms with E-state index in [0.717, 1.165) is 27.1 Å². The highest BCUT2D eigenvalue weighted by molar-refractivity contribution is 7.16. The highest BCUT2D eigenvalue weighted by Gasteiger charge is 2.11. The van der Waals surface area contributed by atoms with Gasteiger partial charge in [-0.15, -0.1) is 6.42 Å². The Bertz CT molecular complexity index is 1100. The van der Waals surface area contributed by atoms with Crippen LogP contribution in [0.25, 0.3) is 10.2 Å². The Kier molecular flexibility index (Phi) is 5.63. The summed E-state index contributed by atoms with van der Waals surface area (Å²) in [4.78, 5) is 17.5. The van der Waals surface area contributed by atoms with Crippen molar-refractivity contribution < 1.29 is 14.3 Å². The summed E-state index contributed by atoms with van der Waals surface area (Å²) in [5, 5.41) is 0. The van der Waals surface area contributed by atoms with Crippen molar-refractivity contribution in [2.75, 3.05) is 14.2 Å². The quantitative estimate of drug-likeness (QED) is 0.638. The van der Waals surface area contributed by atoms with Gasteiger partial charge in [0.1, 0.15) is 11.5 Å². The van der Waals surface area contributed by atoms with Crippen LogP contribution in [0, 0.1) is 19.3 Å². The van der Waals surface area contributed by atoms with Crippen molar-refractivity contribution in [3.05, 3.63) is 52.3 Å². The van der Waals surface area contributed by atoms with Crippen LogP contribution in [0.3, 0.4) is 0 Å². The van der Waals surface area contributed by atoms with Crippen LogP contribution in [0.1, 0.15) is 11.1 Å². The molecule has 0 aliphatic heterocycles. The molecule has 0 fully saturated rings. The molecule has 0 saturated heterocycles. The minimum Gasteiger partial charge on any atom is -0.497 e. The number of carbonyl (C=O) groups excluding carboxylic acids is 1. The Morgan fingerprint density at radius 1 is 1.22 bits per heavy atom. The maximum absolute atomic E-state index is 12.6. The van der Waals surface area contributed by atoms with Gasteiger partial charge in [-0.05, 0) is 31.2 Å². The maximum Gasteiger partial charge on any atom is 0.252 e. The van der Waals surface area contributed by atoms with Crippen molar-refractivity contribution in [2.45, 2.75) is 19.9 Å². The summed E-state index contributed by atoms with van der Waals surface area (Å²) in [6.45, 7) is 2.32. The highest BCUT2D eigenvalue weighted by Crippen LogP contribution is 2.23. The zero-order chi connectivity index (χ0) is 19.4. The van der Waals surface area contributed by atoms with Crippen LogP contribution in [-0.4, -0.2) is 24.7 Å². The van der Waals surface area contributed by atoms with E-state index < -0.39 is 0 Å². The van der Waals surface area contributed by atoms with Crippen LogP contribution in [0.2, 0.25) is 0 Å². The normalized spacial score (nSPS) is 11.4. The molecule has 1 amide bonds. The highest BCUT2D eigenvalue weighted by atomic mass is 32.1. The number of fused-ring (bicyclic) bond motifs is 1. The maximum atomic E-state index is 12.6. The molecule has 0 atom stereocenters. The first-order valence-corrected chi connectivity index (χ1v) is 9.19. The summed E-state index contributed by atoms with van der Waals surface area (Å²) in [6.07, 6.45) is 5.68. The lowest BCUT2D eigenvalue weighted by molar-refractivity contribution is -0.117. The zero-order valence-electron chi connectivity index (χ0n) is 15.5. The number of hydrogen-bond acceptors (Lipinski definition) is 4. The van der Waals surface area contributed by atoms with Gasteiger partial charge < -0.3 is 14.0 Å². The fraction of sp³-hybridized carbons (Fsp3) is 0.238. The average molecular weight is 380 g/mol. The Morgan fingerprint density at radius 3 is 2.74 bits per heavy atom. The van der Waals surface area contributed by atoms with Crippen molar-refractivity contribution in [2.24, 2.45) is 4.99 Å². The number of aromatic nitrogens is 1. The van der Waals surface area contributed by atoms with Crippen molar-refractivity contribution in [1.29, 1.82) is 0 Å². The average Bonchev–Trinajstić information content (AvgIpc) is 2.98. The van der Waals surface area contributed by atoms with Gasteiger partial charge in [0.2, 0.25) is 0 Å². The van der Waals surface area contributed by atoms with Gasteiger partial charge in [0, 0.05) is 5.56 Å². The zero-order valence-corrected chi connectivity index (χ0v) is 16.3. The molecule has 6 heteroatoms. The number of methoxy groups -OCH3 is 2. The number of amides is 1. The molecule has 0 bridgehead atoms. The monoisotopic (exact) mass is 380 g/mol. The second-order valence-corrected chi connectivity index (χ2v) is 7.02. The molecule has 0 unspecified atom stereocenters. The Balaban J connectivity index is 2.02. The van der Waals surface area contributed by atoms with Crippen molar-refractivity contribution in [3.63, 3.8) is 0 Å². The van der Waals surface area contributed by atoms with E-state index in [1.54, 1.807) is 14.2 Å². The Hall–Kier alpha value is -3.04. The number of carbonyl (C=O) groups is 1. The molecule has 0 N–H and O–H groups in total. The SMILES string of the molecule is C#CCn1c(=NC(=O)Cc2cc(C)ccc2OC)sc2cc(OC)ccc21. The smallest absolute Gasteiger partial charge is 0.252 e. The third kappa shape index (κ3) is 4.04. The summed E-state index contributed by atoms with van der Waals surface area (Å²) < 4.78 is 13.5. The molecular weight excluding hydrogens is 360 g/mol. The van der Waals surface area contributed by atoms with E-state index in [2.05, 4.69) is 10.9 Å². The number of terminal acetylenes is 1. The topological polar surface area (TPSA) is 52.8 Å². The first-order valence-electron chi connectivity index (χ1n) is 8.37. The molecule has 5 nitrogen and oxygen atoms in total. The van der Waals surface area contributed by atoms with Crippen molar-refractivity contribution >= 4 is 27.5 Å². The van der Waals surface area contributed by atoms with Crippen LogP contribution in [0.4, 0.5) is 0 Å². The predicted octanol–water partition coefficient (Wildman–Crippen LogP) is 3.33. The second-order valence-electron chi connectivity index (χ2n) is 6.01. The number of benzene rings is 2. The van der Waals surface area contributed by atoms with Gasteiger partial charge in [-0.25, -0.2) is 0 Å². The van der Waals surface area contributed by atoms with Crippen LogP contribution >= 0.6 is 11.3 Å². The molecule has 0 saturated carbocycles. The molecule has 0 spiro atoms. The predicted molar refractivity (Wildman–Crippen MR) is 107 cm³/mol. The molecule has 1 heterocycles.